The second-order valence-electron chi connectivity index (χ2n) is 4.91. The van der Waals surface area contributed by atoms with Gasteiger partial charge in [-0.2, -0.15) is 0 Å². The molecule has 1 aromatic heterocycles. The number of nitrogens with zero attached hydrogens (tertiary/aromatic N) is 1. The molecule has 0 amide bonds. The molecule has 1 aliphatic heterocycles. The quantitative estimate of drug-likeness (QED) is 0.798. The third-order valence-corrected chi connectivity index (χ3v) is 6.20. The van der Waals surface area contributed by atoms with Crippen LogP contribution >= 0.6 is 11.3 Å². The second-order valence-corrected chi connectivity index (χ2v) is 7.42. The van der Waals surface area contributed by atoms with Crippen LogP contribution in [0.2, 0.25) is 0 Å². The molecule has 1 aromatic rings. The fraction of sp³-hybridized carbons (Fsp3) is 0.667. The van der Waals surface area contributed by atoms with Gasteiger partial charge in [0.25, 0.3) is 0 Å². The molecule has 0 unspecified atom stereocenters. The Morgan fingerprint density at radius 3 is 2.50 bits per heavy atom. The van der Waals surface area contributed by atoms with Gasteiger partial charge in [-0.25, -0.2) is 0 Å². The average molecular weight is 281 g/mol. The van der Waals surface area contributed by atoms with Crippen LogP contribution in [-0.4, -0.2) is 49.3 Å². The maximum absolute atomic E-state index is 10.7. The van der Waals surface area contributed by atoms with Gasteiger partial charge in [-0.05, 0) is 0 Å². The molecule has 0 aromatic carbocycles. The minimum absolute atomic E-state index is 0.0355. The molecule has 1 saturated heterocycles. The predicted molar refractivity (Wildman–Crippen MR) is 71.6 cm³/mol. The summed E-state index contributed by atoms with van der Waals surface area (Å²) in [5, 5.41) is 15.5. The molecule has 18 heavy (non-hydrogen) atoms. The Labute approximate surface area is 116 Å². The van der Waals surface area contributed by atoms with E-state index in [9.17, 15) is 5.11 Å². The Kier molecular flexibility index (Phi) is 3.44. The van der Waals surface area contributed by atoms with E-state index < -0.39 is 11.4 Å². The first kappa shape index (κ1) is 12.9. The number of hydrogen-bond donors (Lipinski definition) is 1. The molecular weight excluding hydrogens is 265 g/mol. The molecule has 3 rings (SSSR count). The summed E-state index contributed by atoms with van der Waals surface area (Å²) in [7, 11) is 0. The van der Waals surface area contributed by atoms with Crippen molar-refractivity contribution < 1.29 is 14.6 Å². The van der Waals surface area contributed by atoms with E-state index >= 15 is 0 Å². The Bertz CT molecular complexity index is 446. The monoisotopic (exact) mass is 281 g/mol. The third-order valence-electron chi connectivity index (χ3n) is 3.78. The molecule has 1 N–H and O–H groups in total. The molecule has 1 saturated carbocycles. The fourth-order valence-electron chi connectivity index (χ4n) is 2.64. The number of aromatic nitrogens is 1. The minimum atomic E-state index is -0.794. The van der Waals surface area contributed by atoms with Crippen molar-refractivity contribution in [1.82, 2.24) is 4.98 Å². The fourth-order valence-corrected chi connectivity index (χ4v) is 4.32. The van der Waals surface area contributed by atoms with Gasteiger partial charge in [0.05, 0.1) is 0 Å². The van der Waals surface area contributed by atoms with Crippen LogP contribution in [-0.2, 0) is 15.1 Å². The zero-order chi connectivity index (χ0) is 12.6. The van der Waals surface area contributed by atoms with Crippen LogP contribution in [0.5, 0.6) is 0 Å². The first-order valence-electron chi connectivity index (χ1n) is 6.25. The van der Waals surface area contributed by atoms with Gasteiger partial charge in [0.2, 0.25) is 0 Å². The molecule has 0 atom stereocenters. The van der Waals surface area contributed by atoms with Crippen molar-refractivity contribution in [3.05, 3.63) is 11.2 Å². The Balaban J connectivity index is 1.75. The first-order valence-corrected chi connectivity index (χ1v) is 8.46. The van der Waals surface area contributed by atoms with Gasteiger partial charge in [0, 0.05) is 0 Å². The summed E-state index contributed by atoms with van der Waals surface area (Å²) in [5.74, 6) is -0.427. The topological polar surface area (TPSA) is 51.6 Å². The molecule has 2 fully saturated rings. The van der Waals surface area contributed by atoms with Crippen molar-refractivity contribution in [3.63, 3.8) is 0 Å². The summed E-state index contributed by atoms with van der Waals surface area (Å²) in [6.45, 7) is 1.34. The molecule has 1 aliphatic carbocycles. The molecule has 1 spiro atoms. The van der Waals surface area contributed by atoms with E-state index in [2.05, 4.69) is 10.4 Å². The van der Waals surface area contributed by atoms with Crippen molar-refractivity contribution in [2.75, 3.05) is 13.2 Å². The summed E-state index contributed by atoms with van der Waals surface area (Å²) >= 11 is 1.64. The van der Waals surface area contributed by atoms with Gasteiger partial charge in [-0.15, -0.1) is 0 Å². The molecule has 6 heteroatoms. The second kappa shape index (κ2) is 4.79. The average Bonchev–Trinajstić information content (AvgIpc) is 3.04. The summed E-state index contributed by atoms with van der Waals surface area (Å²) in [6.07, 6.45) is 4.66. The number of rotatable bonds is 2. The summed E-state index contributed by atoms with van der Waals surface area (Å²) in [4.78, 5) is 4.37. The molecule has 2 heterocycles. The van der Waals surface area contributed by atoms with Crippen LogP contribution in [0.25, 0.3) is 0 Å². The zero-order valence-corrected chi connectivity index (χ0v) is 12.2. The van der Waals surface area contributed by atoms with E-state index in [-0.39, 0.29) is 14.8 Å². The van der Waals surface area contributed by atoms with Crippen LogP contribution in [0.3, 0.4) is 0 Å². The van der Waals surface area contributed by atoms with Crippen molar-refractivity contribution >= 4 is 35.2 Å². The van der Waals surface area contributed by atoms with Gasteiger partial charge in [-0.3, -0.25) is 0 Å². The number of aliphatic hydroxyl groups is 1. The van der Waals surface area contributed by atoms with Gasteiger partial charge >= 0.3 is 116 Å². The number of ether oxygens (including phenoxy) is 2. The zero-order valence-electron chi connectivity index (χ0n) is 10.2. The number of hydrogen-bond acceptors (Lipinski definition) is 5. The first-order chi connectivity index (χ1) is 8.66. The van der Waals surface area contributed by atoms with Crippen LogP contribution in [0, 0.1) is 0 Å². The number of thiazole rings is 1. The molecule has 96 valence electrons. The maximum atomic E-state index is 10.7. The molecular formula is C12H16AlNO3S. The van der Waals surface area contributed by atoms with Gasteiger partial charge < -0.3 is 0 Å². The molecule has 0 bridgehead atoms. The molecule has 2 aliphatic rings. The van der Waals surface area contributed by atoms with Crippen LogP contribution < -0.4 is 3.74 Å². The molecule has 0 radical (unpaired) electrons. The van der Waals surface area contributed by atoms with Crippen molar-refractivity contribution in [3.8, 4) is 0 Å². The standard InChI is InChI=1S/C11H14NO3S.CH2.Al/c13-10(9-12-5-8-16-9)1-3-11(4-2-10)14-6-7-15-11;;/h5,13H,1-4,6-7H2;1H2;. The van der Waals surface area contributed by atoms with Crippen LogP contribution in [0.4, 0.5) is 0 Å². The summed E-state index contributed by atoms with van der Waals surface area (Å²) < 4.78 is 12.6. The Hall–Kier alpha value is -0.0875. The van der Waals surface area contributed by atoms with Crippen molar-refractivity contribution in [2.45, 2.75) is 37.1 Å². The SMILES string of the molecule is [CH2]=[Al][c]1cnc(C2(O)CCC3(CC2)OCCO3)s1. The third kappa shape index (κ3) is 2.22. The van der Waals surface area contributed by atoms with E-state index in [1.54, 1.807) is 11.3 Å². The van der Waals surface area contributed by atoms with Crippen LogP contribution in [0.15, 0.2) is 6.20 Å². The van der Waals surface area contributed by atoms with Crippen molar-refractivity contribution in [2.24, 2.45) is 0 Å². The predicted octanol–water partition coefficient (Wildman–Crippen LogP) is 0.409. The Morgan fingerprint density at radius 1 is 1.28 bits per heavy atom. The van der Waals surface area contributed by atoms with E-state index in [0.29, 0.717) is 26.1 Å². The van der Waals surface area contributed by atoms with Gasteiger partial charge in [0.15, 0.2) is 0 Å². The van der Waals surface area contributed by atoms with E-state index in [0.717, 1.165) is 17.8 Å². The van der Waals surface area contributed by atoms with E-state index in [4.69, 9.17) is 9.47 Å². The van der Waals surface area contributed by atoms with E-state index in [1.165, 1.54) is 3.74 Å². The molecule has 4 nitrogen and oxygen atoms in total. The van der Waals surface area contributed by atoms with Gasteiger partial charge in [0.1, 0.15) is 0 Å². The normalized spacial score (nSPS) is 25.2. The van der Waals surface area contributed by atoms with Gasteiger partial charge in [-0.1, -0.05) is 0 Å². The van der Waals surface area contributed by atoms with E-state index in [1.807, 2.05) is 6.20 Å². The Morgan fingerprint density at radius 2 is 1.94 bits per heavy atom. The van der Waals surface area contributed by atoms with Crippen molar-refractivity contribution in [1.29, 1.82) is 0 Å². The summed E-state index contributed by atoms with van der Waals surface area (Å²) in [5.41, 5.74) is -0.794. The van der Waals surface area contributed by atoms with Crippen LogP contribution in [0.1, 0.15) is 30.7 Å². The summed E-state index contributed by atoms with van der Waals surface area (Å²) in [6, 6.07) is 0.